The fourth-order valence-electron chi connectivity index (χ4n) is 3.33. The van der Waals surface area contributed by atoms with Crippen molar-refractivity contribution < 1.29 is 4.79 Å². The predicted octanol–water partition coefficient (Wildman–Crippen LogP) is 4.69. The third-order valence-electron chi connectivity index (χ3n) is 5.17. The highest BCUT2D eigenvalue weighted by atomic mass is 32.2. The van der Waals surface area contributed by atoms with Crippen LogP contribution in [0.1, 0.15) is 12.5 Å². The van der Waals surface area contributed by atoms with E-state index in [0.29, 0.717) is 11.0 Å². The van der Waals surface area contributed by atoms with Gasteiger partial charge in [0, 0.05) is 49.1 Å². The number of rotatable bonds is 8. The van der Waals surface area contributed by atoms with Gasteiger partial charge in [0.05, 0.1) is 5.75 Å². The number of nitrogens with zero attached hydrogens (tertiary/aromatic N) is 5. The van der Waals surface area contributed by atoms with E-state index in [1.807, 2.05) is 60.0 Å². The third kappa shape index (κ3) is 5.40. The van der Waals surface area contributed by atoms with Crippen LogP contribution in [0.4, 0.5) is 11.4 Å². The summed E-state index contributed by atoms with van der Waals surface area (Å²) in [5, 5.41) is 12.4. The highest BCUT2D eigenvalue weighted by Crippen LogP contribution is 2.28. The van der Waals surface area contributed by atoms with Crippen molar-refractivity contribution in [1.29, 1.82) is 0 Å². The first-order valence-corrected chi connectivity index (χ1v) is 11.7. The van der Waals surface area contributed by atoms with E-state index in [2.05, 4.69) is 51.7 Å². The number of carbonyl (C=O) groups excluding carboxylic acids is 1. The van der Waals surface area contributed by atoms with Gasteiger partial charge < -0.3 is 10.2 Å². The molecule has 2 aromatic heterocycles. The lowest BCUT2D eigenvalue weighted by Gasteiger charge is -2.13. The highest BCUT2D eigenvalue weighted by Gasteiger charge is 2.17. The fraction of sp³-hybridized carbons (Fsp3) is 0.200. The summed E-state index contributed by atoms with van der Waals surface area (Å²) in [6.45, 7) is 2.13. The molecule has 0 unspecified atom stereocenters. The first kappa shape index (κ1) is 22.5. The fourth-order valence-corrected chi connectivity index (χ4v) is 4.09. The average Bonchev–Trinajstić information content (AvgIpc) is 3.27. The number of amides is 1. The first-order valence-electron chi connectivity index (χ1n) is 10.7. The number of benzene rings is 2. The molecule has 33 heavy (non-hydrogen) atoms. The SMILES string of the molecule is CCc1ccc(-n2c(SCC(=O)Nc3ccc(N(C)C)cc3)nnc2-c2ccncc2)cc1. The van der Waals surface area contributed by atoms with E-state index in [1.165, 1.54) is 17.3 Å². The van der Waals surface area contributed by atoms with Crippen LogP contribution in [-0.2, 0) is 11.2 Å². The van der Waals surface area contributed by atoms with Gasteiger partial charge in [0.1, 0.15) is 0 Å². The Bertz CT molecular complexity index is 1200. The molecule has 1 N–H and O–H groups in total. The van der Waals surface area contributed by atoms with Gasteiger partial charge in [-0.15, -0.1) is 10.2 Å². The van der Waals surface area contributed by atoms with Crippen molar-refractivity contribution in [2.24, 2.45) is 0 Å². The Morgan fingerprint density at radius 3 is 2.30 bits per heavy atom. The van der Waals surface area contributed by atoms with Gasteiger partial charge in [-0.05, 0) is 60.5 Å². The molecule has 2 heterocycles. The van der Waals surface area contributed by atoms with Gasteiger partial charge >= 0.3 is 0 Å². The van der Waals surface area contributed by atoms with Crippen LogP contribution in [0.25, 0.3) is 17.1 Å². The number of nitrogens with one attached hydrogen (secondary N) is 1. The van der Waals surface area contributed by atoms with Crippen molar-refractivity contribution in [2.75, 3.05) is 30.1 Å². The molecule has 4 aromatic rings. The Morgan fingerprint density at radius 1 is 0.970 bits per heavy atom. The summed E-state index contributed by atoms with van der Waals surface area (Å²) in [7, 11) is 3.97. The van der Waals surface area contributed by atoms with Crippen LogP contribution in [0.5, 0.6) is 0 Å². The van der Waals surface area contributed by atoms with E-state index in [4.69, 9.17) is 0 Å². The average molecular weight is 459 g/mol. The molecule has 7 nitrogen and oxygen atoms in total. The molecule has 0 fully saturated rings. The van der Waals surface area contributed by atoms with E-state index in [9.17, 15) is 4.79 Å². The molecule has 0 radical (unpaired) electrons. The number of carbonyl (C=O) groups is 1. The molecule has 0 atom stereocenters. The normalized spacial score (nSPS) is 10.8. The maximum Gasteiger partial charge on any atom is 0.234 e. The third-order valence-corrected chi connectivity index (χ3v) is 6.10. The lowest BCUT2D eigenvalue weighted by molar-refractivity contribution is -0.113. The van der Waals surface area contributed by atoms with E-state index >= 15 is 0 Å². The summed E-state index contributed by atoms with van der Waals surface area (Å²) in [6, 6.07) is 19.9. The summed E-state index contributed by atoms with van der Waals surface area (Å²) in [5.74, 6) is 0.833. The van der Waals surface area contributed by atoms with Gasteiger partial charge in [0.25, 0.3) is 0 Å². The molecular formula is C25H26N6OS. The zero-order chi connectivity index (χ0) is 23.2. The molecule has 168 valence electrons. The van der Waals surface area contributed by atoms with Crippen LogP contribution in [0.2, 0.25) is 0 Å². The first-order chi connectivity index (χ1) is 16.0. The van der Waals surface area contributed by atoms with Crippen LogP contribution in [0.15, 0.2) is 78.2 Å². The minimum absolute atomic E-state index is 0.0982. The van der Waals surface area contributed by atoms with Gasteiger partial charge in [-0.3, -0.25) is 14.3 Å². The van der Waals surface area contributed by atoms with Crippen molar-refractivity contribution in [3.63, 3.8) is 0 Å². The zero-order valence-electron chi connectivity index (χ0n) is 18.9. The maximum atomic E-state index is 12.6. The Labute approximate surface area is 197 Å². The Morgan fingerprint density at radius 2 is 1.67 bits per heavy atom. The predicted molar refractivity (Wildman–Crippen MR) is 134 cm³/mol. The summed E-state index contributed by atoms with van der Waals surface area (Å²) in [6.07, 6.45) is 4.43. The summed E-state index contributed by atoms with van der Waals surface area (Å²) in [5.41, 5.74) is 4.96. The minimum atomic E-state index is -0.0982. The molecule has 0 bridgehead atoms. The second-order valence-corrected chi connectivity index (χ2v) is 8.62. The quantitative estimate of drug-likeness (QED) is 0.386. The van der Waals surface area contributed by atoms with Crippen molar-refractivity contribution in [1.82, 2.24) is 19.7 Å². The second kappa shape index (κ2) is 10.3. The van der Waals surface area contributed by atoms with Gasteiger partial charge in [-0.1, -0.05) is 30.8 Å². The van der Waals surface area contributed by atoms with Crippen LogP contribution in [0, 0.1) is 0 Å². The van der Waals surface area contributed by atoms with E-state index in [1.54, 1.807) is 12.4 Å². The lowest BCUT2D eigenvalue weighted by Crippen LogP contribution is -2.15. The Balaban J connectivity index is 1.54. The molecule has 0 spiro atoms. The van der Waals surface area contributed by atoms with Gasteiger partial charge in [-0.2, -0.15) is 0 Å². The Hall–Kier alpha value is -3.65. The van der Waals surface area contributed by atoms with Gasteiger partial charge in [0.2, 0.25) is 5.91 Å². The monoisotopic (exact) mass is 458 g/mol. The maximum absolute atomic E-state index is 12.6. The van der Waals surface area contributed by atoms with Gasteiger partial charge in [-0.25, -0.2) is 0 Å². The number of anilines is 2. The largest absolute Gasteiger partial charge is 0.378 e. The van der Waals surface area contributed by atoms with Crippen molar-refractivity contribution >= 4 is 29.0 Å². The molecule has 0 aliphatic rings. The van der Waals surface area contributed by atoms with Gasteiger partial charge in [0.15, 0.2) is 11.0 Å². The molecule has 0 aliphatic carbocycles. The molecule has 0 saturated carbocycles. The van der Waals surface area contributed by atoms with E-state index in [-0.39, 0.29) is 11.7 Å². The summed E-state index contributed by atoms with van der Waals surface area (Å²) < 4.78 is 1.98. The van der Waals surface area contributed by atoms with E-state index < -0.39 is 0 Å². The molecule has 4 rings (SSSR count). The second-order valence-electron chi connectivity index (χ2n) is 7.68. The standard InChI is InChI=1S/C25H26N6OS/c1-4-18-5-9-22(10-6-18)31-24(19-13-15-26-16-14-19)28-29-25(31)33-17-23(32)27-20-7-11-21(12-8-20)30(2)3/h5-16H,4,17H2,1-3H3,(H,27,32). The molecular weight excluding hydrogens is 432 g/mol. The highest BCUT2D eigenvalue weighted by molar-refractivity contribution is 7.99. The zero-order valence-corrected chi connectivity index (χ0v) is 19.7. The molecule has 2 aromatic carbocycles. The van der Waals surface area contributed by atoms with Crippen LogP contribution < -0.4 is 10.2 Å². The van der Waals surface area contributed by atoms with Crippen LogP contribution in [-0.4, -0.2) is 45.5 Å². The number of aryl methyl sites for hydroxylation is 1. The number of pyridine rings is 1. The Kier molecular flexibility index (Phi) is 7.04. The van der Waals surface area contributed by atoms with Crippen molar-refractivity contribution in [3.05, 3.63) is 78.6 Å². The molecule has 1 amide bonds. The topological polar surface area (TPSA) is 75.9 Å². The van der Waals surface area contributed by atoms with E-state index in [0.717, 1.165) is 29.0 Å². The van der Waals surface area contributed by atoms with Crippen molar-refractivity contribution in [3.8, 4) is 17.1 Å². The molecule has 0 aliphatic heterocycles. The smallest absolute Gasteiger partial charge is 0.234 e. The molecule has 0 saturated heterocycles. The summed E-state index contributed by atoms with van der Waals surface area (Å²) >= 11 is 1.36. The van der Waals surface area contributed by atoms with Crippen LogP contribution in [0.3, 0.4) is 0 Å². The lowest BCUT2D eigenvalue weighted by atomic mass is 10.1. The van der Waals surface area contributed by atoms with Crippen LogP contribution >= 0.6 is 11.8 Å². The number of aromatic nitrogens is 4. The number of hydrogen-bond acceptors (Lipinski definition) is 6. The number of hydrogen-bond donors (Lipinski definition) is 1. The van der Waals surface area contributed by atoms with Crippen molar-refractivity contribution in [2.45, 2.75) is 18.5 Å². The summed E-state index contributed by atoms with van der Waals surface area (Å²) in [4.78, 5) is 18.7. The minimum Gasteiger partial charge on any atom is -0.378 e. The number of thioether (sulfide) groups is 1. The molecule has 8 heteroatoms.